The summed E-state index contributed by atoms with van der Waals surface area (Å²) >= 11 is 0. The van der Waals surface area contributed by atoms with Crippen molar-refractivity contribution >= 4 is 17.3 Å². The van der Waals surface area contributed by atoms with Gasteiger partial charge in [-0.2, -0.15) is 10.3 Å². The number of benzene rings is 2. The van der Waals surface area contributed by atoms with Crippen LogP contribution in [0.3, 0.4) is 0 Å². The van der Waals surface area contributed by atoms with Crippen molar-refractivity contribution in [2.45, 2.75) is 0 Å². The molecule has 5 nitrogen and oxygen atoms in total. The van der Waals surface area contributed by atoms with E-state index in [9.17, 15) is 17.6 Å². The molecule has 9 heteroatoms. The van der Waals surface area contributed by atoms with Crippen molar-refractivity contribution in [2.24, 2.45) is 0 Å². The number of nitriles is 1. The second kappa shape index (κ2) is 6.65. The molecule has 23 heavy (non-hydrogen) atoms. The van der Waals surface area contributed by atoms with Crippen LogP contribution in [0, 0.1) is 40.1 Å². The van der Waals surface area contributed by atoms with Gasteiger partial charge in [-0.15, -0.1) is 0 Å². The van der Waals surface area contributed by atoms with Gasteiger partial charge in [-0.3, -0.25) is 10.8 Å². The Morgan fingerprint density at radius 2 is 1.35 bits per heavy atom. The van der Waals surface area contributed by atoms with Crippen molar-refractivity contribution in [1.29, 1.82) is 10.7 Å². The van der Waals surface area contributed by atoms with Gasteiger partial charge >= 0.3 is 0 Å². The number of rotatable bonds is 3. The number of guanidine groups is 1. The predicted molar refractivity (Wildman–Crippen MR) is 75.1 cm³/mol. The van der Waals surface area contributed by atoms with E-state index in [0.29, 0.717) is 5.01 Å². The molecule has 3 N–H and O–H groups in total. The molecule has 0 aromatic heterocycles. The molecule has 118 valence electrons. The number of nitrogens with one attached hydrogen (secondary N) is 3. The van der Waals surface area contributed by atoms with Crippen LogP contribution in [0.15, 0.2) is 36.4 Å². The van der Waals surface area contributed by atoms with Crippen molar-refractivity contribution in [3.8, 4) is 6.19 Å². The molecule has 0 amide bonds. The second-order valence-corrected chi connectivity index (χ2v) is 4.21. The number of hydrazine groups is 1. The number of hydrogen-bond donors (Lipinski definition) is 3. The fourth-order valence-electron chi connectivity index (χ4n) is 1.64. The van der Waals surface area contributed by atoms with Gasteiger partial charge in [0.1, 0.15) is 23.0 Å². The zero-order valence-electron chi connectivity index (χ0n) is 11.4. The zero-order chi connectivity index (χ0) is 17.0. The Balaban J connectivity index is 2.22. The van der Waals surface area contributed by atoms with Gasteiger partial charge in [0.25, 0.3) is 0 Å². The highest BCUT2D eigenvalue weighted by atomic mass is 19.1. The standard InChI is InChI=1S/C14H9F4N5/c15-8-3-1-4-9(16)12(8)21-14(20)23(7-19)22-13-10(17)5-2-6-11(13)18/h1-6,22H,(H2,20,21). The molecule has 0 fully saturated rings. The highest BCUT2D eigenvalue weighted by Gasteiger charge is 2.18. The van der Waals surface area contributed by atoms with Gasteiger partial charge in [-0.05, 0) is 24.3 Å². The fourth-order valence-corrected chi connectivity index (χ4v) is 1.64. The Kier molecular flexibility index (Phi) is 4.66. The Hall–Kier alpha value is -3.28. The minimum atomic E-state index is -1.00. The first-order valence-corrected chi connectivity index (χ1v) is 6.14. The maximum atomic E-state index is 13.5. The molecule has 2 aromatic carbocycles. The van der Waals surface area contributed by atoms with E-state index in [1.54, 1.807) is 0 Å². The number of para-hydroxylation sites is 2. The summed E-state index contributed by atoms with van der Waals surface area (Å²) < 4.78 is 54.0. The Bertz CT molecular complexity index is 747. The van der Waals surface area contributed by atoms with Gasteiger partial charge in [0.05, 0.1) is 0 Å². The predicted octanol–water partition coefficient (Wildman–Crippen LogP) is 3.40. The van der Waals surface area contributed by atoms with Crippen LogP contribution in [0.25, 0.3) is 0 Å². The molecule has 0 aliphatic rings. The minimum absolute atomic E-state index is 0.313. The van der Waals surface area contributed by atoms with Crippen LogP contribution in [0.5, 0.6) is 0 Å². The quantitative estimate of drug-likeness (QED) is 0.202. The molecule has 0 unspecified atom stereocenters. The van der Waals surface area contributed by atoms with E-state index in [-0.39, 0.29) is 0 Å². The number of nitrogens with zero attached hydrogens (tertiary/aromatic N) is 2. The molecular formula is C14H9F4N5. The first kappa shape index (κ1) is 16.1. The van der Waals surface area contributed by atoms with Crippen molar-refractivity contribution in [2.75, 3.05) is 10.7 Å². The van der Waals surface area contributed by atoms with Crippen LogP contribution >= 0.6 is 0 Å². The lowest BCUT2D eigenvalue weighted by Gasteiger charge is -2.20. The molecule has 0 radical (unpaired) electrons. The van der Waals surface area contributed by atoms with Gasteiger partial charge < -0.3 is 5.32 Å². The summed E-state index contributed by atoms with van der Waals surface area (Å²) in [5.41, 5.74) is 0.656. The molecular weight excluding hydrogens is 314 g/mol. The summed E-state index contributed by atoms with van der Waals surface area (Å²) in [6.45, 7) is 0. The third-order valence-electron chi connectivity index (χ3n) is 2.72. The molecule has 0 saturated heterocycles. The molecule has 0 aliphatic heterocycles. The number of halogens is 4. The molecule has 0 spiro atoms. The lowest BCUT2D eigenvalue weighted by atomic mass is 10.3. The normalized spacial score (nSPS) is 9.87. The van der Waals surface area contributed by atoms with Gasteiger partial charge in [-0.25, -0.2) is 17.6 Å². The van der Waals surface area contributed by atoms with Crippen LogP contribution in [0.2, 0.25) is 0 Å². The van der Waals surface area contributed by atoms with Crippen LogP contribution < -0.4 is 10.7 Å². The van der Waals surface area contributed by atoms with E-state index >= 15 is 0 Å². The van der Waals surface area contributed by atoms with Crippen molar-refractivity contribution in [3.05, 3.63) is 59.7 Å². The third kappa shape index (κ3) is 3.49. The average Bonchev–Trinajstić information content (AvgIpc) is 2.51. The molecule has 2 rings (SSSR count). The van der Waals surface area contributed by atoms with Crippen LogP contribution in [0.4, 0.5) is 28.9 Å². The lowest BCUT2D eigenvalue weighted by Crippen LogP contribution is -2.37. The highest BCUT2D eigenvalue weighted by molar-refractivity contribution is 5.93. The SMILES string of the molecule is N#CN(Nc1c(F)cccc1F)C(=N)Nc1c(F)cccc1F. The van der Waals surface area contributed by atoms with Crippen molar-refractivity contribution in [1.82, 2.24) is 5.01 Å². The van der Waals surface area contributed by atoms with Crippen molar-refractivity contribution in [3.63, 3.8) is 0 Å². The van der Waals surface area contributed by atoms with Crippen LogP contribution in [0.1, 0.15) is 0 Å². The van der Waals surface area contributed by atoms with E-state index in [2.05, 4.69) is 0 Å². The summed E-state index contributed by atoms with van der Waals surface area (Å²) in [5.74, 6) is -4.83. The molecule has 0 saturated carbocycles. The van der Waals surface area contributed by atoms with Gasteiger partial charge in [-0.1, -0.05) is 12.1 Å². The Labute approximate surface area is 128 Å². The second-order valence-electron chi connectivity index (χ2n) is 4.21. The monoisotopic (exact) mass is 323 g/mol. The van der Waals surface area contributed by atoms with E-state index < -0.39 is 40.6 Å². The molecule has 0 aliphatic carbocycles. The third-order valence-corrected chi connectivity index (χ3v) is 2.72. The molecule has 0 bridgehead atoms. The molecule has 2 aromatic rings. The van der Waals surface area contributed by atoms with Gasteiger partial charge in [0, 0.05) is 0 Å². The maximum absolute atomic E-state index is 13.5. The Morgan fingerprint density at radius 1 is 0.913 bits per heavy atom. The summed E-state index contributed by atoms with van der Waals surface area (Å²) in [6, 6.07) is 6.00. The van der Waals surface area contributed by atoms with E-state index in [1.165, 1.54) is 6.19 Å². The van der Waals surface area contributed by atoms with E-state index in [4.69, 9.17) is 10.7 Å². The molecule has 0 heterocycles. The van der Waals surface area contributed by atoms with Crippen molar-refractivity contribution < 1.29 is 17.6 Å². The van der Waals surface area contributed by atoms with Gasteiger partial charge in [0.2, 0.25) is 12.2 Å². The maximum Gasteiger partial charge on any atom is 0.229 e. The summed E-state index contributed by atoms with van der Waals surface area (Å²) in [4.78, 5) is 0. The number of anilines is 2. The minimum Gasteiger partial charge on any atom is -0.319 e. The number of hydrogen-bond acceptors (Lipinski definition) is 3. The van der Waals surface area contributed by atoms with Gasteiger partial charge in [0.15, 0.2) is 11.6 Å². The van der Waals surface area contributed by atoms with Crippen LogP contribution in [-0.2, 0) is 0 Å². The largest absolute Gasteiger partial charge is 0.319 e. The summed E-state index contributed by atoms with van der Waals surface area (Å²) in [5, 5.41) is 18.9. The first-order chi connectivity index (χ1) is 10.9. The topological polar surface area (TPSA) is 74.9 Å². The van der Waals surface area contributed by atoms with E-state index in [0.717, 1.165) is 36.4 Å². The first-order valence-electron chi connectivity index (χ1n) is 6.14. The highest BCUT2D eigenvalue weighted by Crippen LogP contribution is 2.20. The zero-order valence-corrected chi connectivity index (χ0v) is 11.4. The summed E-state index contributed by atoms with van der Waals surface area (Å²) in [7, 11) is 0. The van der Waals surface area contributed by atoms with E-state index in [1.807, 2.05) is 10.7 Å². The fraction of sp³-hybridized carbons (Fsp3) is 0. The Morgan fingerprint density at radius 3 is 1.78 bits per heavy atom. The average molecular weight is 323 g/mol. The summed E-state index contributed by atoms with van der Waals surface area (Å²) in [6.07, 6.45) is 1.42. The lowest BCUT2D eigenvalue weighted by molar-refractivity contribution is 0.566. The van der Waals surface area contributed by atoms with Crippen LogP contribution in [-0.4, -0.2) is 11.0 Å². The smallest absolute Gasteiger partial charge is 0.229 e. The molecule has 0 atom stereocenters.